The van der Waals surface area contributed by atoms with Crippen LogP contribution >= 0.6 is 0 Å². The van der Waals surface area contributed by atoms with Gasteiger partial charge in [-0.05, 0) is 30.7 Å². The predicted molar refractivity (Wildman–Crippen MR) is 103 cm³/mol. The van der Waals surface area contributed by atoms with E-state index < -0.39 is 6.09 Å². The van der Waals surface area contributed by atoms with Crippen molar-refractivity contribution in [2.24, 2.45) is 5.84 Å². The van der Waals surface area contributed by atoms with E-state index in [1.807, 2.05) is 6.20 Å². The zero-order valence-corrected chi connectivity index (χ0v) is 14.9. The van der Waals surface area contributed by atoms with E-state index in [0.29, 0.717) is 48.4 Å². The number of benzene rings is 1. The highest BCUT2D eigenvalue weighted by Crippen LogP contribution is 2.28. The number of nitrogens with one attached hydrogen (secondary N) is 2. The Hall–Kier alpha value is -3.86. The summed E-state index contributed by atoms with van der Waals surface area (Å²) < 4.78 is 7.01. The van der Waals surface area contributed by atoms with Crippen LogP contribution in [0.5, 0.6) is 5.75 Å². The minimum atomic E-state index is -0.522. The van der Waals surface area contributed by atoms with Gasteiger partial charge in [-0.1, -0.05) is 0 Å². The fourth-order valence-electron chi connectivity index (χ4n) is 2.69. The van der Waals surface area contributed by atoms with Crippen LogP contribution in [0.15, 0.2) is 42.9 Å². The first-order chi connectivity index (χ1) is 13.6. The molecule has 11 nitrogen and oxygen atoms in total. The Bertz CT molecular complexity index is 987. The largest absolute Gasteiger partial charge is 0.412 e. The number of anilines is 5. The van der Waals surface area contributed by atoms with Crippen molar-refractivity contribution >= 4 is 34.9 Å². The molecule has 2 aliphatic heterocycles. The Morgan fingerprint density at radius 3 is 2.82 bits per heavy atom. The predicted octanol–water partition coefficient (Wildman–Crippen LogP) is 1.50. The molecule has 2 aliphatic rings. The number of ether oxygens (including phenoxy) is 1. The van der Waals surface area contributed by atoms with Gasteiger partial charge in [0.2, 0.25) is 5.95 Å². The van der Waals surface area contributed by atoms with Crippen molar-refractivity contribution in [1.29, 1.82) is 0 Å². The van der Waals surface area contributed by atoms with E-state index in [1.165, 1.54) is 11.2 Å². The fraction of sp³-hybridized carbons (Fsp3) is 0.176. The first-order valence-corrected chi connectivity index (χ1v) is 8.61. The minimum absolute atomic E-state index is 0.317. The van der Waals surface area contributed by atoms with E-state index in [0.717, 1.165) is 5.69 Å². The molecule has 6 N–H and O–H groups in total. The molecule has 5 rings (SSSR count). The SMILES string of the molecule is Nc1cnc2nc1N(N)c1ccc(cc1)OC(=O)NCCCn1cc(cn1)N2. The van der Waals surface area contributed by atoms with Crippen LogP contribution in [0.2, 0.25) is 0 Å². The molecule has 0 unspecified atom stereocenters. The Kier molecular flexibility index (Phi) is 4.64. The summed E-state index contributed by atoms with van der Waals surface area (Å²) in [4.78, 5) is 20.5. The van der Waals surface area contributed by atoms with Gasteiger partial charge in [-0.25, -0.2) is 15.6 Å². The number of nitrogens with zero attached hydrogens (tertiary/aromatic N) is 5. The molecule has 1 aromatic carbocycles. The molecule has 0 aliphatic carbocycles. The highest BCUT2D eigenvalue weighted by atomic mass is 16.6. The third-order valence-corrected chi connectivity index (χ3v) is 4.07. The summed E-state index contributed by atoms with van der Waals surface area (Å²) in [6.07, 6.45) is 5.13. The zero-order chi connectivity index (χ0) is 19.5. The lowest BCUT2D eigenvalue weighted by molar-refractivity contribution is 0.200. The number of fused-ring (bicyclic) bond motifs is 7. The highest BCUT2D eigenvalue weighted by Gasteiger charge is 2.14. The number of nitrogen functional groups attached to an aromatic ring is 1. The smallest absolute Gasteiger partial charge is 0.410 e. The molecule has 11 heteroatoms. The Balaban J connectivity index is 1.69. The van der Waals surface area contributed by atoms with Gasteiger partial charge in [-0.3, -0.25) is 9.69 Å². The van der Waals surface area contributed by atoms with Crippen molar-refractivity contribution < 1.29 is 9.53 Å². The van der Waals surface area contributed by atoms with Gasteiger partial charge in [-0.2, -0.15) is 10.1 Å². The Morgan fingerprint density at radius 2 is 2.00 bits per heavy atom. The van der Waals surface area contributed by atoms with Crippen molar-refractivity contribution in [3.05, 3.63) is 42.9 Å². The maximum absolute atomic E-state index is 11.9. The number of hydrogen-bond acceptors (Lipinski definition) is 9. The molecule has 6 bridgehead atoms. The van der Waals surface area contributed by atoms with Gasteiger partial charge < -0.3 is 21.1 Å². The summed E-state index contributed by atoms with van der Waals surface area (Å²) in [5, 5.41) is 11.4. The lowest BCUT2D eigenvalue weighted by Gasteiger charge is -2.20. The van der Waals surface area contributed by atoms with Crippen LogP contribution in [0, 0.1) is 0 Å². The van der Waals surface area contributed by atoms with Crippen LogP contribution in [0.3, 0.4) is 0 Å². The first kappa shape index (κ1) is 17.5. The molecular weight excluding hydrogens is 362 g/mol. The van der Waals surface area contributed by atoms with Gasteiger partial charge >= 0.3 is 6.09 Å². The summed E-state index contributed by atoms with van der Waals surface area (Å²) >= 11 is 0. The number of aromatic nitrogens is 4. The van der Waals surface area contributed by atoms with Crippen molar-refractivity contribution in [3.8, 4) is 5.75 Å². The van der Waals surface area contributed by atoms with E-state index in [9.17, 15) is 4.79 Å². The Labute approximate surface area is 160 Å². The molecule has 0 spiro atoms. The molecule has 0 saturated carbocycles. The summed E-state index contributed by atoms with van der Waals surface area (Å²) in [6, 6.07) is 6.67. The van der Waals surface area contributed by atoms with Crippen molar-refractivity contribution in [2.75, 3.05) is 22.6 Å². The lowest BCUT2D eigenvalue weighted by Crippen LogP contribution is -2.29. The van der Waals surface area contributed by atoms with E-state index in [2.05, 4.69) is 25.7 Å². The maximum Gasteiger partial charge on any atom is 0.412 e. The normalized spacial score (nSPS) is 14.5. The number of carbonyl (C=O) groups is 1. The van der Waals surface area contributed by atoms with E-state index in [-0.39, 0.29) is 0 Å². The maximum atomic E-state index is 11.9. The molecule has 0 saturated heterocycles. The molecule has 0 atom stereocenters. The number of carbonyl (C=O) groups excluding carboxylic acids is 1. The second-order valence-corrected chi connectivity index (χ2v) is 6.12. The number of aryl methyl sites for hydroxylation is 1. The standard InChI is InChI=1S/C17H19N9O2/c18-14-9-21-16-23-11-8-22-25(10-11)7-1-6-20-17(27)28-13-4-2-12(3-5-13)26(19)15(14)24-16/h2-5,8-10H,1,6-7,18-19H2,(H,20,27)(H,21,23,24). The number of hydrogen-bond donors (Lipinski definition) is 4. The monoisotopic (exact) mass is 381 g/mol. The average molecular weight is 381 g/mol. The molecule has 144 valence electrons. The quantitative estimate of drug-likeness (QED) is 0.425. The van der Waals surface area contributed by atoms with Gasteiger partial charge in [0.15, 0.2) is 5.82 Å². The van der Waals surface area contributed by atoms with E-state index in [1.54, 1.807) is 35.1 Å². The summed E-state index contributed by atoms with van der Waals surface area (Å²) in [5.41, 5.74) is 7.65. The molecule has 0 fully saturated rings. The summed E-state index contributed by atoms with van der Waals surface area (Å²) in [7, 11) is 0. The topological polar surface area (TPSA) is 149 Å². The van der Waals surface area contributed by atoms with Gasteiger partial charge in [0.1, 0.15) is 5.75 Å². The van der Waals surface area contributed by atoms with Crippen LogP contribution in [0.25, 0.3) is 0 Å². The third kappa shape index (κ3) is 3.78. The van der Waals surface area contributed by atoms with Crippen LogP contribution in [-0.2, 0) is 6.54 Å². The second kappa shape index (κ2) is 7.40. The van der Waals surface area contributed by atoms with Crippen LogP contribution < -0.4 is 32.0 Å². The molecule has 4 heterocycles. The third-order valence-electron chi connectivity index (χ3n) is 4.07. The number of nitrogens with two attached hydrogens (primary N) is 2. The second-order valence-electron chi connectivity index (χ2n) is 6.12. The molecule has 28 heavy (non-hydrogen) atoms. The fourth-order valence-corrected chi connectivity index (χ4v) is 2.69. The average Bonchev–Trinajstić information content (AvgIpc) is 3.13. The van der Waals surface area contributed by atoms with Gasteiger partial charge in [-0.15, -0.1) is 0 Å². The van der Waals surface area contributed by atoms with Gasteiger partial charge in [0.25, 0.3) is 0 Å². The molecule has 2 aromatic heterocycles. The highest BCUT2D eigenvalue weighted by molar-refractivity contribution is 5.73. The van der Waals surface area contributed by atoms with Crippen LogP contribution in [-0.4, -0.2) is 32.4 Å². The molecule has 0 radical (unpaired) electrons. The van der Waals surface area contributed by atoms with Gasteiger partial charge in [0.05, 0.1) is 29.5 Å². The zero-order valence-electron chi connectivity index (χ0n) is 14.9. The Morgan fingerprint density at radius 1 is 1.18 bits per heavy atom. The molecule has 3 aromatic rings. The minimum Gasteiger partial charge on any atom is -0.410 e. The van der Waals surface area contributed by atoms with E-state index >= 15 is 0 Å². The number of amides is 1. The van der Waals surface area contributed by atoms with Crippen molar-refractivity contribution in [2.45, 2.75) is 13.0 Å². The van der Waals surface area contributed by atoms with Crippen molar-refractivity contribution in [3.63, 3.8) is 0 Å². The van der Waals surface area contributed by atoms with Crippen LogP contribution in [0.4, 0.5) is 33.6 Å². The summed E-state index contributed by atoms with van der Waals surface area (Å²) in [6.45, 7) is 1.08. The number of hydrazine groups is 1. The van der Waals surface area contributed by atoms with E-state index in [4.69, 9.17) is 16.3 Å². The van der Waals surface area contributed by atoms with Gasteiger partial charge in [0, 0.05) is 19.3 Å². The first-order valence-electron chi connectivity index (χ1n) is 8.61. The summed E-state index contributed by atoms with van der Waals surface area (Å²) in [5.74, 6) is 7.26. The molecule has 1 amide bonds. The lowest BCUT2D eigenvalue weighted by atomic mass is 10.3. The van der Waals surface area contributed by atoms with Crippen LogP contribution in [0.1, 0.15) is 6.42 Å². The number of rotatable bonds is 0. The molecular formula is C17H19N9O2. The van der Waals surface area contributed by atoms with Crippen molar-refractivity contribution in [1.82, 2.24) is 25.1 Å².